The quantitative estimate of drug-likeness (QED) is 0.570. The minimum Gasteiger partial charge on any atom is -0.379 e. The van der Waals surface area contributed by atoms with Crippen molar-refractivity contribution in [1.29, 1.82) is 0 Å². The van der Waals surface area contributed by atoms with E-state index in [1.807, 2.05) is 0 Å². The van der Waals surface area contributed by atoms with Gasteiger partial charge in [-0.3, -0.25) is 0 Å². The topological polar surface area (TPSA) is 48.0 Å². The maximum absolute atomic E-state index is 6.18. The third-order valence-corrected chi connectivity index (χ3v) is 12.3. The van der Waals surface area contributed by atoms with Crippen LogP contribution in [0.25, 0.3) is 16.9 Å². The minimum atomic E-state index is -1.77. The molecular formula is C18H26ClN5Si. The molecule has 0 saturated carbocycles. The van der Waals surface area contributed by atoms with Gasteiger partial charge in [-0.05, 0) is 28.9 Å². The molecule has 0 unspecified atom stereocenters. The van der Waals surface area contributed by atoms with E-state index in [4.69, 9.17) is 11.6 Å². The highest BCUT2D eigenvalue weighted by molar-refractivity contribution is 6.82. The lowest BCUT2D eigenvalue weighted by atomic mass is 10.2. The normalized spacial score (nSPS) is 12.9. The fourth-order valence-corrected chi connectivity index (χ4v) is 11.3. The summed E-state index contributed by atoms with van der Waals surface area (Å²) in [4.78, 5) is 8.86. The molecule has 0 saturated heterocycles. The van der Waals surface area contributed by atoms with Crippen LogP contribution in [0.5, 0.6) is 0 Å². The molecule has 5 nitrogen and oxygen atoms in total. The van der Waals surface area contributed by atoms with Crippen molar-refractivity contribution in [1.82, 2.24) is 23.8 Å². The van der Waals surface area contributed by atoms with E-state index in [0.717, 1.165) is 16.9 Å². The second-order valence-electron chi connectivity index (χ2n) is 7.60. The van der Waals surface area contributed by atoms with Crippen molar-refractivity contribution in [2.75, 3.05) is 0 Å². The van der Waals surface area contributed by atoms with E-state index in [1.165, 1.54) is 6.33 Å². The Morgan fingerprint density at radius 1 is 1.00 bits per heavy atom. The molecule has 0 aliphatic rings. The van der Waals surface area contributed by atoms with Crippen LogP contribution in [0, 0.1) is 0 Å². The van der Waals surface area contributed by atoms with Gasteiger partial charge in [-0.2, -0.15) is 5.10 Å². The van der Waals surface area contributed by atoms with Gasteiger partial charge in [0.25, 0.3) is 0 Å². The molecule has 3 rings (SSSR count). The van der Waals surface area contributed by atoms with Crippen LogP contribution < -0.4 is 0 Å². The van der Waals surface area contributed by atoms with Crippen molar-refractivity contribution >= 4 is 25.5 Å². The zero-order valence-electron chi connectivity index (χ0n) is 15.7. The number of aromatic nitrogens is 5. The van der Waals surface area contributed by atoms with Crippen LogP contribution in [0.15, 0.2) is 31.0 Å². The first-order valence-corrected chi connectivity index (χ1v) is 11.4. The van der Waals surface area contributed by atoms with Crippen molar-refractivity contribution in [3.63, 3.8) is 0 Å². The Hall–Kier alpha value is -1.66. The van der Waals surface area contributed by atoms with Crippen molar-refractivity contribution in [3.8, 4) is 11.3 Å². The first kappa shape index (κ1) is 18.1. The van der Waals surface area contributed by atoms with Gasteiger partial charge < -0.3 is 4.23 Å². The Kier molecular flexibility index (Phi) is 4.77. The summed E-state index contributed by atoms with van der Waals surface area (Å²) in [6, 6.07) is 2.13. The number of hydrogen-bond donors (Lipinski definition) is 0. The summed E-state index contributed by atoms with van der Waals surface area (Å²) >= 11 is 6.18. The Balaban J connectivity index is 2.17. The van der Waals surface area contributed by atoms with Crippen LogP contribution in [-0.4, -0.2) is 32.1 Å². The molecule has 0 fully saturated rings. The maximum atomic E-state index is 6.18. The van der Waals surface area contributed by atoms with Crippen LogP contribution in [0.3, 0.4) is 0 Å². The van der Waals surface area contributed by atoms with Crippen molar-refractivity contribution in [2.45, 2.75) is 58.2 Å². The van der Waals surface area contributed by atoms with Crippen molar-refractivity contribution < 1.29 is 0 Å². The lowest BCUT2D eigenvalue weighted by Gasteiger charge is -2.44. The average molecular weight is 376 g/mol. The molecule has 0 aromatic carbocycles. The molecular weight excluding hydrogens is 350 g/mol. The highest BCUT2D eigenvalue weighted by Crippen LogP contribution is 2.43. The molecule has 0 atom stereocenters. The molecule has 0 bridgehead atoms. The number of hydrogen-bond acceptors (Lipinski definition) is 3. The van der Waals surface area contributed by atoms with E-state index < -0.39 is 8.24 Å². The first-order valence-electron chi connectivity index (χ1n) is 8.83. The van der Waals surface area contributed by atoms with Gasteiger partial charge in [0.05, 0.1) is 6.20 Å². The number of nitrogens with zero attached hydrogens (tertiary/aromatic N) is 5. The van der Waals surface area contributed by atoms with Gasteiger partial charge >= 0.3 is 0 Å². The van der Waals surface area contributed by atoms with Gasteiger partial charge in [0.1, 0.15) is 17.2 Å². The molecule has 0 aliphatic heterocycles. The predicted molar refractivity (Wildman–Crippen MR) is 106 cm³/mol. The Bertz CT molecular complexity index is 859. The fraction of sp³-hybridized carbons (Fsp3) is 0.500. The SMILES string of the molecule is CC(C)[Si](C(C)C)(C(C)C)n1ccc(-c2nc(Cl)cn3ncnc23)c1. The molecule has 0 spiro atoms. The van der Waals surface area contributed by atoms with E-state index in [-0.39, 0.29) is 0 Å². The van der Waals surface area contributed by atoms with Gasteiger partial charge in [0.2, 0.25) is 0 Å². The number of fused-ring (bicyclic) bond motifs is 1. The number of rotatable bonds is 5. The largest absolute Gasteiger partial charge is 0.379 e. The lowest BCUT2D eigenvalue weighted by molar-refractivity contribution is 0.766. The van der Waals surface area contributed by atoms with Gasteiger partial charge in [0.15, 0.2) is 13.9 Å². The Morgan fingerprint density at radius 2 is 1.64 bits per heavy atom. The number of halogens is 1. The molecule has 0 radical (unpaired) electrons. The summed E-state index contributed by atoms with van der Waals surface area (Å²) in [5.74, 6) is 0. The molecule has 3 aromatic rings. The minimum absolute atomic E-state index is 0.417. The third-order valence-electron chi connectivity index (χ3n) is 5.42. The molecule has 134 valence electrons. The van der Waals surface area contributed by atoms with Crippen LogP contribution >= 0.6 is 11.6 Å². The summed E-state index contributed by atoms with van der Waals surface area (Å²) in [7, 11) is -1.77. The van der Waals surface area contributed by atoms with Crippen molar-refractivity contribution in [2.24, 2.45) is 0 Å². The van der Waals surface area contributed by atoms with Gasteiger partial charge in [-0.1, -0.05) is 53.1 Å². The summed E-state index contributed by atoms with van der Waals surface area (Å²) in [6.07, 6.45) is 7.67. The van der Waals surface area contributed by atoms with Crippen LogP contribution in [-0.2, 0) is 0 Å². The summed E-state index contributed by atoms with van der Waals surface area (Å²) in [5, 5.41) is 4.61. The third kappa shape index (κ3) is 2.81. The molecule has 3 aromatic heterocycles. The van der Waals surface area contributed by atoms with Crippen LogP contribution in [0.2, 0.25) is 21.8 Å². The van der Waals surface area contributed by atoms with Crippen LogP contribution in [0.4, 0.5) is 0 Å². The smallest absolute Gasteiger partial charge is 0.181 e. The Morgan fingerprint density at radius 3 is 2.24 bits per heavy atom. The van der Waals surface area contributed by atoms with Gasteiger partial charge in [-0.25, -0.2) is 14.5 Å². The van der Waals surface area contributed by atoms with E-state index in [2.05, 4.69) is 79.3 Å². The predicted octanol–water partition coefficient (Wildman–Crippen LogP) is 5.27. The second kappa shape index (κ2) is 6.57. The lowest BCUT2D eigenvalue weighted by Crippen LogP contribution is -2.51. The maximum Gasteiger partial charge on any atom is 0.181 e. The van der Waals surface area contributed by atoms with E-state index in [0.29, 0.717) is 21.8 Å². The first-order chi connectivity index (χ1) is 11.8. The van der Waals surface area contributed by atoms with Crippen LogP contribution in [0.1, 0.15) is 41.5 Å². The monoisotopic (exact) mass is 375 g/mol. The van der Waals surface area contributed by atoms with E-state index in [1.54, 1.807) is 10.7 Å². The average Bonchev–Trinajstić information content (AvgIpc) is 3.14. The van der Waals surface area contributed by atoms with Gasteiger partial charge in [-0.15, -0.1) is 0 Å². The fourth-order valence-electron chi connectivity index (χ4n) is 4.67. The molecule has 0 amide bonds. The summed E-state index contributed by atoms with van der Waals surface area (Å²) in [5.41, 5.74) is 4.45. The molecule has 3 heterocycles. The van der Waals surface area contributed by atoms with E-state index in [9.17, 15) is 0 Å². The summed E-state index contributed by atoms with van der Waals surface area (Å²) in [6.45, 7) is 14.2. The molecule has 0 aliphatic carbocycles. The molecule has 7 heteroatoms. The highest BCUT2D eigenvalue weighted by atomic mass is 35.5. The van der Waals surface area contributed by atoms with Crippen molar-refractivity contribution in [3.05, 3.63) is 36.1 Å². The molecule has 0 N–H and O–H groups in total. The highest BCUT2D eigenvalue weighted by Gasteiger charge is 2.45. The summed E-state index contributed by atoms with van der Waals surface area (Å²) < 4.78 is 4.18. The molecule has 25 heavy (non-hydrogen) atoms. The second-order valence-corrected chi connectivity index (χ2v) is 13.7. The standard InChI is InChI=1S/C18H26ClN5Si/c1-12(2)25(13(3)4,14(5)6)23-8-7-15(9-23)17-18-20-11-21-24(18)10-16(19)22-17/h7-14H,1-6H3. The zero-order valence-corrected chi connectivity index (χ0v) is 17.5. The van der Waals surface area contributed by atoms with E-state index >= 15 is 0 Å². The zero-order chi connectivity index (χ0) is 18.4. The van der Waals surface area contributed by atoms with Gasteiger partial charge in [0, 0.05) is 11.8 Å². The Labute approximate surface area is 155 Å².